The summed E-state index contributed by atoms with van der Waals surface area (Å²) in [5.41, 5.74) is 5.77. The molecule has 0 unspecified atom stereocenters. The van der Waals surface area contributed by atoms with Gasteiger partial charge in [0.25, 0.3) is 11.6 Å². The van der Waals surface area contributed by atoms with Gasteiger partial charge in [-0.2, -0.15) is 0 Å². The highest BCUT2D eigenvalue weighted by Crippen LogP contribution is 2.26. The van der Waals surface area contributed by atoms with Crippen molar-refractivity contribution in [1.82, 2.24) is 59.8 Å². The van der Waals surface area contributed by atoms with Gasteiger partial charge in [-0.05, 0) is 230 Å². The smallest absolute Gasteiger partial charge is 0.375 e. The number of benzene rings is 4. The molecule has 2 aliphatic rings. The standard InChI is InChI=1S/C16H24N2O3.C15H22N2O3.C14H17ClN4O2.C13H15ClN4O2/c1-18(2)10-7-12-11-14(3-4-15(12)16(19)20)21-13-5-8-17-9-6-13;1-17(2)10-11-9-13(3-4-14(11)15(18)19)20-12-5-7-16-8-6-12;1-9-16-13(14(20)21)17-19(9)11-4-5-12(15)10(8-11)6-7-18(2)3;1-8-15-12(13(19)20)16-18(8)10-4-5-11(14)9(6-10)7-17(2)3/h3-4,11,13,17H,5-10H2,1-2H3,(H,19,20);3-4,9,12,16H,5-8,10H2,1-2H3,(H,18,19);4-5,8H,6-7H2,1-3H3,(H,20,21);4-6H,7H2,1-3H3,(H,19,20). The predicted molar refractivity (Wildman–Crippen MR) is 315 cm³/mol. The van der Waals surface area contributed by atoms with Gasteiger partial charge in [-0.3, -0.25) is 0 Å². The van der Waals surface area contributed by atoms with E-state index in [0.29, 0.717) is 52.3 Å². The molecule has 4 heterocycles. The number of ether oxygens (including phenoxy) is 2. The van der Waals surface area contributed by atoms with Gasteiger partial charge in [-0.1, -0.05) is 23.2 Å². The van der Waals surface area contributed by atoms with Crippen molar-refractivity contribution < 1.29 is 49.1 Å². The molecule has 22 nitrogen and oxygen atoms in total. The molecule has 0 amide bonds. The van der Waals surface area contributed by atoms with E-state index in [4.69, 9.17) is 42.9 Å². The van der Waals surface area contributed by atoms with Crippen molar-refractivity contribution in [3.63, 3.8) is 0 Å². The highest BCUT2D eigenvalue weighted by atomic mass is 35.5. The Hall–Kier alpha value is -7.02. The van der Waals surface area contributed by atoms with Gasteiger partial charge in [0.15, 0.2) is 0 Å². The van der Waals surface area contributed by atoms with Crippen molar-refractivity contribution in [3.8, 4) is 22.9 Å². The van der Waals surface area contributed by atoms with Crippen molar-refractivity contribution in [2.45, 2.75) is 77.7 Å². The Morgan fingerprint density at radius 2 is 0.890 bits per heavy atom. The summed E-state index contributed by atoms with van der Waals surface area (Å²) in [7, 11) is 15.7. The molecule has 0 radical (unpaired) electrons. The molecule has 0 atom stereocenters. The van der Waals surface area contributed by atoms with Crippen molar-refractivity contribution in [3.05, 3.63) is 140 Å². The minimum Gasteiger partial charge on any atom is -0.490 e. The molecule has 4 aromatic carbocycles. The Morgan fingerprint density at radius 1 is 0.512 bits per heavy atom. The first-order valence-electron chi connectivity index (χ1n) is 26.9. The molecular weight excluding hydrogens is 1100 g/mol. The van der Waals surface area contributed by atoms with E-state index in [9.17, 15) is 29.4 Å². The topological polar surface area (TPSA) is 266 Å². The summed E-state index contributed by atoms with van der Waals surface area (Å²) in [5, 5.41) is 52.3. The third-order valence-electron chi connectivity index (χ3n) is 12.9. The second kappa shape index (κ2) is 32.0. The highest BCUT2D eigenvalue weighted by Gasteiger charge is 2.20. The van der Waals surface area contributed by atoms with Gasteiger partial charge in [0.2, 0.25) is 0 Å². The van der Waals surface area contributed by atoms with Crippen LogP contribution in [0.3, 0.4) is 0 Å². The first kappa shape index (κ1) is 65.8. The van der Waals surface area contributed by atoms with Crippen LogP contribution in [0.2, 0.25) is 10.0 Å². The molecule has 2 saturated heterocycles. The molecule has 444 valence electrons. The molecule has 82 heavy (non-hydrogen) atoms. The lowest BCUT2D eigenvalue weighted by Gasteiger charge is -2.24. The Kier molecular flexibility index (Phi) is 25.7. The summed E-state index contributed by atoms with van der Waals surface area (Å²) in [6.07, 6.45) is 5.93. The van der Waals surface area contributed by atoms with Crippen LogP contribution in [0.4, 0.5) is 0 Å². The molecule has 0 spiro atoms. The Balaban J connectivity index is 0.000000200. The number of aromatic nitrogens is 6. The average molecular weight is 1170 g/mol. The molecule has 0 aliphatic carbocycles. The maximum atomic E-state index is 11.3. The lowest BCUT2D eigenvalue weighted by atomic mass is 10.0. The van der Waals surface area contributed by atoms with Crippen molar-refractivity contribution >= 4 is 47.1 Å². The van der Waals surface area contributed by atoms with Gasteiger partial charge in [0.1, 0.15) is 35.4 Å². The molecule has 24 heteroatoms. The van der Waals surface area contributed by atoms with E-state index in [1.807, 2.05) is 95.3 Å². The van der Waals surface area contributed by atoms with Crippen LogP contribution in [-0.4, -0.2) is 201 Å². The second-order valence-electron chi connectivity index (χ2n) is 20.9. The Morgan fingerprint density at radius 3 is 1.28 bits per heavy atom. The Labute approximate surface area is 489 Å². The number of hydrogen-bond donors (Lipinski definition) is 6. The molecule has 0 saturated carbocycles. The fourth-order valence-corrected chi connectivity index (χ4v) is 9.16. The number of rotatable bonds is 20. The monoisotopic (exact) mass is 1170 g/mol. The SMILES string of the molecule is CN(C)CCc1cc(OC2CCNCC2)ccc1C(=O)O.CN(C)Cc1cc(OC2CCNCC2)ccc1C(=O)O.Cc1nc(C(=O)O)nn1-c1ccc(Cl)c(CCN(C)C)c1.Cc1nc(C(=O)O)nn1-c1ccc(Cl)c(CN(C)C)c1. The number of nitrogens with one attached hydrogen (secondary N) is 2. The summed E-state index contributed by atoms with van der Waals surface area (Å²) >= 11 is 12.4. The molecular formula is C58H78Cl2N12O10. The van der Waals surface area contributed by atoms with E-state index < -0.39 is 23.9 Å². The van der Waals surface area contributed by atoms with E-state index in [1.54, 1.807) is 62.4 Å². The van der Waals surface area contributed by atoms with Crippen LogP contribution in [-0.2, 0) is 25.9 Å². The summed E-state index contributed by atoms with van der Waals surface area (Å²) in [5.74, 6) is -1.91. The Bertz CT molecular complexity index is 3080. The third-order valence-corrected chi connectivity index (χ3v) is 13.6. The number of carboxylic acids is 4. The van der Waals surface area contributed by atoms with Crippen LogP contribution in [0.1, 0.15) is 102 Å². The summed E-state index contributed by atoms with van der Waals surface area (Å²) in [6, 6.07) is 21.5. The predicted octanol–water partition coefficient (Wildman–Crippen LogP) is 7.22. The van der Waals surface area contributed by atoms with Gasteiger partial charge >= 0.3 is 23.9 Å². The van der Waals surface area contributed by atoms with Crippen LogP contribution < -0.4 is 20.1 Å². The normalized spacial score (nSPS) is 13.7. The summed E-state index contributed by atoms with van der Waals surface area (Å²) < 4.78 is 15.0. The van der Waals surface area contributed by atoms with Gasteiger partial charge in [0, 0.05) is 36.2 Å². The maximum absolute atomic E-state index is 11.3. The number of likely N-dealkylation sites (N-methyl/N-ethyl adjacent to an activating group) is 2. The van der Waals surface area contributed by atoms with Crippen LogP contribution in [0, 0.1) is 13.8 Å². The van der Waals surface area contributed by atoms with E-state index in [2.05, 4.69) is 35.7 Å². The molecule has 2 aromatic heterocycles. The number of nitrogens with zero attached hydrogens (tertiary/aromatic N) is 10. The number of aromatic carboxylic acids is 4. The van der Waals surface area contributed by atoms with E-state index in [0.717, 1.165) is 117 Å². The molecule has 2 aliphatic heterocycles. The lowest BCUT2D eigenvalue weighted by Crippen LogP contribution is -2.34. The fraction of sp³-hybridized carbons (Fsp3) is 0.448. The number of hydrogen-bond acceptors (Lipinski definition) is 16. The molecule has 0 bridgehead atoms. The lowest BCUT2D eigenvalue weighted by molar-refractivity contribution is 0.0673. The largest absolute Gasteiger partial charge is 0.490 e. The maximum Gasteiger partial charge on any atom is 0.375 e. The average Bonchev–Trinajstić information content (AvgIpc) is 4.18. The first-order valence-corrected chi connectivity index (χ1v) is 27.6. The van der Waals surface area contributed by atoms with Gasteiger partial charge in [-0.15, -0.1) is 10.2 Å². The minimum atomic E-state index is -1.14. The van der Waals surface area contributed by atoms with Gasteiger partial charge in [0.05, 0.1) is 22.5 Å². The van der Waals surface area contributed by atoms with E-state index in [-0.39, 0.29) is 23.9 Å². The fourth-order valence-electron chi connectivity index (χ4n) is 8.77. The zero-order chi connectivity index (χ0) is 60.2. The second-order valence-corrected chi connectivity index (χ2v) is 21.7. The van der Waals surface area contributed by atoms with Crippen LogP contribution in [0.25, 0.3) is 11.4 Å². The van der Waals surface area contributed by atoms with Gasteiger partial charge in [-0.25, -0.2) is 38.5 Å². The zero-order valence-electron chi connectivity index (χ0n) is 48.4. The molecule has 2 fully saturated rings. The molecule has 6 aromatic rings. The van der Waals surface area contributed by atoms with E-state index in [1.165, 1.54) is 9.36 Å². The number of carbonyl (C=O) groups is 4. The van der Waals surface area contributed by atoms with E-state index >= 15 is 0 Å². The quantitative estimate of drug-likeness (QED) is 0.0441. The number of piperidine rings is 2. The first-order chi connectivity index (χ1) is 38.9. The van der Waals surface area contributed by atoms with Crippen LogP contribution >= 0.6 is 23.2 Å². The summed E-state index contributed by atoms with van der Waals surface area (Å²) in [6.45, 7) is 10.3. The van der Waals surface area contributed by atoms with Crippen LogP contribution in [0.15, 0.2) is 72.8 Å². The minimum absolute atomic E-state index is 0.211. The number of aryl methyl sites for hydroxylation is 2. The van der Waals surface area contributed by atoms with Crippen molar-refractivity contribution in [2.75, 3.05) is 95.6 Å². The zero-order valence-corrected chi connectivity index (χ0v) is 50.0. The molecule has 8 rings (SSSR count). The third kappa shape index (κ3) is 20.8. The van der Waals surface area contributed by atoms with Gasteiger partial charge < -0.3 is 60.1 Å². The number of carboxylic acid groups (broad SMARTS) is 4. The van der Waals surface area contributed by atoms with Crippen LogP contribution in [0.5, 0.6) is 11.5 Å². The molecule has 6 N–H and O–H groups in total. The highest BCUT2D eigenvalue weighted by molar-refractivity contribution is 6.31. The van der Waals surface area contributed by atoms with Crippen molar-refractivity contribution in [1.29, 1.82) is 0 Å². The number of halogens is 2. The summed E-state index contributed by atoms with van der Waals surface area (Å²) in [4.78, 5) is 60.3. The van der Waals surface area contributed by atoms with Crippen molar-refractivity contribution in [2.24, 2.45) is 0 Å².